The molecule has 0 amide bonds. The quantitative estimate of drug-likeness (QED) is 0.140. The van der Waals surface area contributed by atoms with Crippen LogP contribution in [-0.2, 0) is 23.7 Å². The third-order valence-electron chi connectivity index (χ3n) is 14.5. The Labute approximate surface area is 278 Å². The van der Waals surface area contributed by atoms with Gasteiger partial charge in [0.1, 0.15) is 48.8 Å². The fourth-order valence-corrected chi connectivity index (χ4v) is 11.7. The summed E-state index contributed by atoms with van der Waals surface area (Å²) >= 11 is 0. The highest BCUT2D eigenvalue weighted by atomic mass is 16.7. The van der Waals surface area contributed by atoms with E-state index in [0.717, 1.165) is 0 Å². The largest absolute Gasteiger partial charge is 0.394 e. The van der Waals surface area contributed by atoms with Gasteiger partial charge in [0.25, 0.3) is 0 Å². The van der Waals surface area contributed by atoms with Crippen molar-refractivity contribution >= 4 is 5.78 Å². The molecule has 4 saturated carbocycles. The van der Waals surface area contributed by atoms with Crippen LogP contribution in [0.4, 0.5) is 0 Å². The fourth-order valence-electron chi connectivity index (χ4n) is 11.7. The zero-order valence-corrected chi connectivity index (χ0v) is 27.6. The first-order valence-electron chi connectivity index (χ1n) is 17.4. The van der Waals surface area contributed by atoms with Crippen LogP contribution in [0.3, 0.4) is 0 Å². The van der Waals surface area contributed by atoms with Gasteiger partial charge in [-0.2, -0.15) is 0 Å². The zero-order chi connectivity index (χ0) is 35.0. The summed E-state index contributed by atoms with van der Waals surface area (Å²) in [5, 5.41) is 107. The van der Waals surface area contributed by atoms with Gasteiger partial charge in [-0.25, -0.2) is 0 Å². The minimum atomic E-state index is -2.68. The van der Waals surface area contributed by atoms with Crippen LogP contribution in [0.1, 0.15) is 53.4 Å². The lowest BCUT2D eigenvalue weighted by Crippen LogP contribution is -2.82. The van der Waals surface area contributed by atoms with Crippen molar-refractivity contribution in [1.82, 2.24) is 0 Å². The lowest BCUT2D eigenvalue weighted by atomic mass is 9.40. The predicted octanol–water partition coefficient (Wildman–Crippen LogP) is -3.23. The van der Waals surface area contributed by atoms with E-state index >= 15 is 0 Å². The van der Waals surface area contributed by atoms with Gasteiger partial charge >= 0.3 is 0 Å². The summed E-state index contributed by atoms with van der Waals surface area (Å²) in [5.41, 5.74) is -4.90. The van der Waals surface area contributed by atoms with E-state index in [-0.39, 0.29) is 42.8 Å². The maximum Gasteiger partial charge on any atom is 0.196 e. The molecule has 3 saturated heterocycles. The van der Waals surface area contributed by atoms with E-state index < -0.39 is 114 Å². The molecule has 0 aromatic rings. The molecule has 15 nitrogen and oxygen atoms in total. The number of ether oxygens (including phenoxy) is 4. The van der Waals surface area contributed by atoms with Gasteiger partial charge in [0.2, 0.25) is 0 Å². The minimum Gasteiger partial charge on any atom is -0.394 e. The molecule has 3 heterocycles. The van der Waals surface area contributed by atoms with E-state index in [9.17, 15) is 55.9 Å². The van der Waals surface area contributed by atoms with E-state index in [0.29, 0.717) is 19.3 Å². The molecule has 7 fully saturated rings. The van der Waals surface area contributed by atoms with E-state index in [1.807, 2.05) is 13.8 Å². The van der Waals surface area contributed by atoms with Crippen LogP contribution in [0.2, 0.25) is 0 Å². The summed E-state index contributed by atoms with van der Waals surface area (Å²) in [7, 11) is 0. The van der Waals surface area contributed by atoms with Crippen LogP contribution in [0, 0.1) is 46.3 Å². The van der Waals surface area contributed by atoms with E-state index in [2.05, 4.69) is 6.92 Å². The summed E-state index contributed by atoms with van der Waals surface area (Å²) in [5.74, 6) is -4.30. The Bertz CT molecular complexity index is 1270. The van der Waals surface area contributed by atoms with Crippen molar-refractivity contribution < 1.29 is 74.8 Å². The summed E-state index contributed by atoms with van der Waals surface area (Å²) in [6.45, 7) is 7.19. The van der Waals surface area contributed by atoms with Crippen LogP contribution in [0.5, 0.6) is 0 Å². The van der Waals surface area contributed by atoms with Gasteiger partial charge in [-0.05, 0) is 48.3 Å². The highest BCUT2D eigenvalue weighted by molar-refractivity contribution is 5.94. The molecule has 3 aliphatic heterocycles. The number of Topliss-reactive ketones (excluding diaryl/α,β-unsaturated/α-hetero) is 1. The van der Waals surface area contributed by atoms with E-state index in [4.69, 9.17) is 18.9 Å². The first kappa shape index (κ1) is 35.5. The number of carbonyl (C=O) groups is 1. The molecule has 1 spiro atoms. The zero-order valence-electron chi connectivity index (χ0n) is 27.6. The lowest BCUT2D eigenvalue weighted by molar-refractivity contribution is -0.345. The average Bonchev–Trinajstić information content (AvgIpc) is 3.50. The molecule has 4 aliphatic carbocycles. The maximum atomic E-state index is 13.8. The predicted molar refractivity (Wildman–Crippen MR) is 159 cm³/mol. The van der Waals surface area contributed by atoms with Crippen LogP contribution in [0.25, 0.3) is 0 Å². The van der Waals surface area contributed by atoms with E-state index in [1.165, 1.54) is 6.92 Å². The van der Waals surface area contributed by atoms with Gasteiger partial charge in [-0.15, -0.1) is 0 Å². The molecule has 274 valence electrons. The topological polar surface area (TPSA) is 256 Å². The van der Waals surface area contributed by atoms with Crippen LogP contribution >= 0.6 is 0 Å². The molecule has 5 unspecified atom stereocenters. The number of ketones is 1. The second-order valence-corrected chi connectivity index (χ2v) is 16.4. The van der Waals surface area contributed by atoms with Gasteiger partial charge in [0, 0.05) is 23.7 Å². The van der Waals surface area contributed by atoms with Gasteiger partial charge in [-0.3, -0.25) is 4.79 Å². The Hall–Kier alpha value is -0.890. The summed E-state index contributed by atoms with van der Waals surface area (Å²) in [6, 6.07) is 0. The second kappa shape index (κ2) is 11.6. The Morgan fingerprint density at radius 1 is 0.896 bits per heavy atom. The SMILES string of the molecule is C[C@@H]1CO[C@@]2(C[C@@H]1O[C@@H]1O[C@H](CO)[C@@H](O)[C@H](O)[C@H]1O)OC1CC3C4C(CC[C@]3(C)C1[C@@H]2C)[C@@]1(C)[C@H](O)[C@H](O)[C@H](O)[C@H](O)[C@@]1(O)C(=O)[C@H]4O. The number of aliphatic hydroxyl groups is 10. The van der Waals surface area contributed by atoms with Crippen molar-refractivity contribution in [2.45, 2.75) is 138 Å². The van der Waals surface area contributed by atoms with Gasteiger partial charge in [0.15, 0.2) is 23.5 Å². The monoisotopic (exact) mass is 688 g/mol. The van der Waals surface area contributed by atoms with Crippen molar-refractivity contribution in [2.75, 3.05) is 13.2 Å². The molecule has 0 radical (unpaired) electrons. The first-order valence-corrected chi connectivity index (χ1v) is 17.4. The lowest BCUT2D eigenvalue weighted by Gasteiger charge is -2.66. The molecular formula is C33H52O15. The smallest absolute Gasteiger partial charge is 0.196 e. The standard InChI is InChI=1S/C33H52O15/c1-11-10-45-32(8-16(11)46-29-25(40)22(37)20(35)17(9-34)47-29)12(2)19-15(48-32)7-14-18-13(5-6-30(14,19)3)31(4)26(41)23(38)24(39)28(43)33(31,44)27(42)21(18)36/h11-26,28-29,34-41,43-44H,5-10H2,1-4H3/t11-,12+,13?,14?,15?,16+,17-,18?,19?,20-,21+,22+,23-,24+,25-,26-,28+,29-,30+,31+,32+,33+/m1/s1. The highest BCUT2D eigenvalue weighted by Crippen LogP contribution is 2.71. The number of carbonyl (C=O) groups excluding carboxylic acids is 1. The number of aliphatic hydroxyl groups excluding tert-OH is 9. The van der Waals surface area contributed by atoms with Crippen LogP contribution in [-0.4, -0.2) is 155 Å². The molecular weight excluding hydrogens is 636 g/mol. The van der Waals surface area contributed by atoms with Crippen molar-refractivity contribution in [2.24, 2.45) is 46.3 Å². The first-order chi connectivity index (χ1) is 22.4. The Kier molecular flexibility index (Phi) is 8.55. The van der Waals surface area contributed by atoms with Gasteiger partial charge < -0.3 is 70.0 Å². The Balaban J connectivity index is 1.14. The van der Waals surface area contributed by atoms with Gasteiger partial charge in [-0.1, -0.05) is 27.7 Å². The summed E-state index contributed by atoms with van der Waals surface area (Å²) in [6.07, 6.45) is -15.7. The fraction of sp³-hybridized carbons (Fsp3) is 0.970. The molecule has 7 aliphatic rings. The third-order valence-corrected chi connectivity index (χ3v) is 14.5. The second-order valence-electron chi connectivity index (χ2n) is 16.4. The molecule has 0 aromatic carbocycles. The number of hydrogen-bond donors (Lipinski definition) is 10. The Morgan fingerprint density at radius 2 is 1.56 bits per heavy atom. The highest BCUT2D eigenvalue weighted by Gasteiger charge is 2.79. The maximum absolute atomic E-state index is 13.8. The summed E-state index contributed by atoms with van der Waals surface area (Å²) < 4.78 is 25.1. The molecule has 15 heteroatoms. The molecule has 48 heavy (non-hydrogen) atoms. The summed E-state index contributed by atoms with van der Waals surface area (Å²) in [4.78, 5) is 13.8. The molecule has 0 bridgehead atoms. The minimum absolute atomic E-state index is 0.0880. The van der Waals surface area contributed by atoms with Crippen molar-refractivity contribution in [3.8, 4) is 0 Å². The van der Waals surface area contributed by atoms with Crippen LogP contribution < -0.4 is 0 Å². The molecule has 7 rings (SSSR count). The number of rotatable bonds is 3. The van der Waals surface area contributed by atoms with Gasteiger partial charge in [0.05, 0.1) is 31.5 Å². The molecule has 22 atom stereocenters. The average molecular weight is 689 g/mol. The Morgan fingerprint density at radius 3 is 2.23 bits per heavy atom. The van der Waals surface area contributed by atoms with Crippen molar-refractivity contribution in [1.29, 1.82) is 0 Å². The van der Waals surface area contributed by atoms with E-state index in [1.54, 1.807) is 0 Å². The van der Waals surface area contributed by atoms with Crippen molar-refractivity contribution in [3.05, 3.63) is 0 Å². The molecule has 0 aromatic heterocycles. The van der Waals surface area contributed by atoms with Crippen molar-refractivity contribution in [3.63, 3.8) is 0 Å². The normalized spacial score (nSPS) is 62.7. The molecule has 10 N–H and O–H groups in total. The third kappa shape index (κ3) is 4.35. The number of fused-ring (bicyclic) bond motifs is 7. The van der Waals surface area contributed by atoms with Crippen LogP contribution in [0.15, 0.2) is 0 Å². The number of hydrogen-bond acceptors (Lipinski definition) is 15.